The second-order valence-corrected chi connectivity index (χ2v) is 11.0. The molecule has 0 unspecified atom stereocenters. The minimum absolute atomic E-state index is 0.447. The Bertz CT molecular complexity index is 1390. The fourth-order valence-electron chi connectivity index (χ4n) is 5.75. The Kier molecular flexibility index (Phi) is 6.48. The molecule has 0 bridgehead atoms. The Labute approximate surface area is 222 Å². The van der Waals surface area contributed by atoms with Gasteiger partial charge in [0.2, 0.25) is 0 Å². The van der Waals surface area contributed by atoms with E-state index in [-0.39, 0.29) is 0 Å². The number of hydrogen-bond donors (Lipinski definition) is 2. The molecular weight excluding hydrogens is 486 g/mol. The molecule has 2 N–H and O–H groups in total. The second kappa shape index (κ2) is 9.91. The number of nitrogens with one attached hydrogen (secondary N) is 2. The van der Waals surface area contributed by atoms with Gasteiger partial charge < -0.3 is 15.2 Å². The van der Waals surface area contributed by atoms with Crippen molar-refractivity contribution in [3.05, 3.63) is 76.2 Å². The number of thiocarbonyl (C=S) groups is 1. The van der Waals surface area contributed by atoms with Crippen LogP contribution in [-0.2, 0) is 19.5 Å². The predicted octanol–water partition coefficient (Wildman–Crippen LogP) is 6.92. The van der Waals surface area contributed by atoms with Gasteiger partial charge in [-0.3, -0.25) is 0 Å². The average molecular weight is 518 g/mol. The lowest BCUT2D eigenvalue weighted by Crippen LogP contribution is -2.33. The molecule has 186 valence electrons. The van der Waals surface area contributed by atoms with E-state index in [2.05, 4.69) is 63.0 Å². The Morgan fingerprint density at radius 2 is 1.78 bits per heavy atom. The van der Waals surface area contributed by atoms with Crippen LogP contribution in [0.2, 0.25) is 5.02 Å². The van der Waals surface area contributed by atoms with Crippen molar-refractivity contribution in [2.24, 2.45) is 0 Å². The standard InChI is InChI=1S/C29H32ClN5S/c1-19-9-15-22(16-10-19)31-18-25-33-35-27(28(36)32-23-6-2-3-7-23)26(20-11-13-21(30)14-12-20)24-8-4-5-17-34(25)29(24)35/h9-16,23,31H,2-8,17-18H2,1H3,(H,32,36). The molecule has 1 aliphatic carbocycles. The molecule has 1 fully saturated rings. The summed E-state index contributed by atoms with van der Waals surface area (Å²) in [6.45, 7) is 3.75. The van der Waals surface area contributed by atoms with E-state index in [0.717, 1.165) is 58.6 Å². The maximum absolute atomic E-state index is 6.26. The van der Waals surface area contributed by atoms with E-state index >= 15 is 0 Å². The largest absolute Gasteiger partial charge is 0.378 e. The first-order valence-electron chi connectivity index (χ1n) is 13.1. The van der Waals surface area contributed by atoms with Crippen LogP contribution in [0.5, 0.6) is 0 Å². The van der Waals surface area contributed by atoms with Crippen molar-refractivity contribution in [3.63, 3.8) is 0 Å². The summed E-state index contributed by atoms with van der Waals surface area (Å²) < 4.78 is 4.53. The highest BCUT2D eigenvalue weighted by atomic mass is 35.5. The molecule has 2 aromatic heterocycles. The summed E-state index contributed by atoms with van der Waals surface area (Å²) in [6, 6.07) is 17.1. The molecule has 2 aromatic carbocycles. The predicted molar refractivity (Wildman–Crippen MR) is 152 cm³/mol. The van der Waals surface area contributed by atoms with Crippen LogP contribution in [-0.4, -0.2) is 25.2 Å². The quantitative estimate of drug-likeness (QED) is 0.272. The highest BCUT2D eigenvalue weighted by Gasteiger charge is 2.30. The molecule has 36 heavy (non-hydrogen) atoms. The molecule has 1 saturated carbocycles. The summed E-state index contributed by atoms with van der Waals surface area (Å²) in [7, 11) is 0. The first-order valence-corrected chi connectivity index (χ1v) is 13.9. The molecule has 7 heteroatoms. The molecule has 5 nitrogen and oxygen atoms in total. The van der Waals surface area contributed by atoms with Gasteiger partial charge in [-0.25, -0.2) is 4.52 Å². The molecule has 0 radical (unpaired) electrons. The summed E-state index contributed by atoms with van der Waals surface area (Å²) >= 11 is 12.4. The van der Waals surface area contributed by atoms with Gasteiger partial charge in [-0.15, -0.1) is 0 Å². The van der Waals surface area contributed by atoms with Crippen LogP contribution in [0.4, 0.5) is 5.69 Å². The average Bonchev–Trinajstić information content (AvgIpc) is 3.54. The van der Waals surface area contributed by atoms with E-state index in [0.29, 0.717) is 12.6 Å². The van der Waals surface area contributed by atoms with Crippen molar-refractivity contribution >= 4 is 40.1 Å². The summed E-state index contributed by atoms with van der Waals surface area (Å²) in [5.74, 6) is 1.04. The number of halogens is 1. The van der Waals surface area contributed by atoms with Gasteiger partial charge in [0.05, 0.1) is 6.54 Å². The molecule has 6 rings (SSSR count). The van der Waals surface area contributed by atoms with Gasteiger partial charge in [-0.1, -0.05) is 66.5 Å². The summed E-state index contributed by atoms with van der Waals surface area (Å²) in [5, 5.41) is 13.2. The van der Waals surface area contributed by atoms with Gasteiger partial charge in [0.25, 0.3) is 0 Å². The molecule has 3 heterocycles. The normalized spacial score (nSPS) is 15.8. The molecule has 2 aliphatic rings. The fraction of sp³-hybridized carbons (Fsp3) is 0.379. The smallest absolute Gasteiger partial charge is 0.150 e. The van der Waals surface area contributed by atoms with Crippen LogP contribution < -0.4 is 10.6 Å². The van der Waals surface area contributed by atoms with Crippen molar-refractivity contribution in [1.29, 1.82) is 0 Å². The Morgan fingerprint density at radius 3 is 2.53 bits per heavy atom. The van der Waals surface area contributed by atoms with Crippen LogP contribution in [0.1, 0.15) is 61.2 Å². The highest BCUT2D eigenvalue weighted by molar-refractivity contribution is 7.80. The van der Waals surface area contributed by atoms with Crippen molar-refractivity contribution in [2.75, 3.05) is 5.32 Å². The van der Waals surface area contributed by atoms with Gasteiger partial charge in [-0.05, 0) is 68.9 Å². The number of anilines is 1. The molecule has 4 aromatic rings. The van der Waals surface area contributed by atoms with Crippen LogP contribution >= 0.6 is 23.8 Å². The van der Waals surface area contributed by atoms with Gasteiger partial charge in [0, 0.05) is 34.4 Å². The third-order valence-corrected chi connectivity index (χ3v) is 8.17. The van der Waals surface area contributed by atoms with Gasteiger partial charge in [-0.2, -0.15) is 5.10 Å². The lowest BCUT2D eigenvalue weighted by molar-refractivity contribution is 0.619. The van der Waals surface area contributed by atoms with Crippen LogP contribution in [0.3, 0.4) is 0 Å². The van der Waals surface area contributed by atoms with Crippen molar-refractivity contribution in [3.8, 4) is 11.1 Å². The molecule has 0 atom stereocenters. The SMILES string of the molecule is Cc1ccc(NCc2nn3c(C(=S)NC4CCCC4)c(-c4ccc(Cl)cc4)c4c3n2CCCC4)cc1. The number of benzene rings is 2. The Morgan fingerprint density at radius 1 is 1.03 bits per heavy atom. The zero-order chi connectivity index (χ0) is 24.6. The van der Waals surface area contributed by atoms with Gasteiger partial charge >= 0.3 is 0 Å². The maximum atomic E-state index is 6.26. The zero-order valence-corrected chi connectivity index (χ0v) is 22.3. The molecule has 0 amide bonds. The first kappa shape index (κ1) is 23.6. The van der Waals surface area contributed by atoms with Gasteiger partial charge in [0.15, 0.2) is 5.82 Å². The lowest BCUT2D eigenvalue weighted by Gasteiger charge is -2.16. The number of rotatable bonds is 6. The minimum Gasteiger partial charge on any atom is -0.378 e. The summed E-state index contributed by atoms with van der Waals surface area (Å²) in [5.41, 5.74) is 8.26. The van der Waals surface area contributed by atoms with E-state index in [9.17, 15) is 0 Å². The first-order chi connectivity index (χ1) is 17.6. The van der Waals surface area contributed by atoms with E-state index in [4.69, 9.17) is 28.9 Å². The third kappa shape index (κ3) is 4.41. The number of aryl methyl sites for hydroxylation is 3. The lowest BCUT2D eigenvalue weighted by atomic mass is 9.98. The van der Waals surface area contributed by atoms with Gasteiger partial charge in [0.1, 0.15) is 16.3 Å². The zero-order valence-electron chi connectivity index (χ0n) is 20.7. The monoisotopic (exact) mass is 517 g/mol. The third-order valence-electron chi connectivity index (χ3n) is 7.60. The van der Waals surface area contributed by atoms with Crippen molar-refractivity contribution < 1.29 is 0 Å². The minimum atomic E-state index is 0.447. The van der Waals surface area contributed by atoms with Crippen LogP contribution in [0.15, 0.2) is 48.5 Å². The topological polar surface area (TPSA) is 46.3 Å². The molecular formula is C29H32ClN5S. The summed E-state index contributed by atoms with van der Waals surface area (Å²) in [6.07, 6.45) is 8.19. The van der Waals surface area contributed by atoms with E-state index < -0.39 is 0 Å². The van der Waals surface area contributed by atoms with E-state index in [1.54, 1.807) is 0 Å². The number of aromatic nitrogens is 3. The van der Waals surface area contributed by atoms with E-state index in [1.165, 1.54) is 48.0 Å². The van der Waals surface area contributed by atoms with Crippen LogP contribution in [0, 0.1) is 6.92 Å². The second-order valence-electron chi connectivity index (χ2n) is 10.1. The highest BCUT2D eigenvalue weighted by Crippen LogP contribution is 2.37. The van der Waals surface area contributed by atoms with Crippen molar-refractivity contribution in [2.45, 2.75) is 71.0 Å². The van der Waals surface area contributed by atoms with Crippen LogP contribution in [0.25, 0.3) is 16.8 Å². The maximum Gasteiger partial charge on any atom is 0.150 e. The molecule has 0 saturated heterocycles. The van der Waals surface area contributed by atoms with E-state index in [1.807, 2.05) is 12.1 Å². The Balaban J connectivity index is 1.46. The number of hydrogen-bond acceptors (Lipinski definition) is 3. The fourth-order valence-corrected chi connectivity index (χ4v) is 6.23. The Hall–Kier alpha value is -2.83. The molecule has 0 spiro atoms. The summed E-state index contributed by atoms with van der Waals surface area (Å²) in [4.78, 5) is 0.802. The number of nitrogens with zero attached hydrogens (tertiary/aromatic N) is 3. The molecule has 1 aliphatic heterocycles. The van der Waals surface area contributed by atoms with Crippen molar-refractivity contribution in [1.82, 2.24) is 19.5 Å².